The quantitative estimate of drug-likeness (QED) is 0.401. The maximum Gasteiger partial charge on any atom is 0.490 e. The van der Waals surface area contributed by atoms with Crippen molar-refractivity contribution in [2.75, 3.05) is 45.9 Å². The number of carbonyl (C=O) groups excluding carboxylic acids is 1. The second-order valence-electron chi connectivity index (χ2n) is 10.1. The van der Waals surface area contributed by atoms with E-state index in [4.69, 9.17) is 37.8 Å². The van der Waals surface area contributed by atoms with Crippen molar-refractivity contribution in [3.63, 3.8) is 0 Å². The molecule has 0 saturated carbocycles. The van der Waals surface area contributed by atoms with Crippen LogP contribution in [0.3, 0.4) is 0 Å². The molecule has 0 atom stereocenters. The SMILES string of the molecule is O=C(O)C(F)(F)F.O=C(c1cc(Cc2c[nH]c(=O)c3cc(Cl)c(Cl)n23)ccc1F)N1CCC(CN2CCOCC2)CC1. The van der Waals surface area contributed by atoms with Gasteiger partial charge in [0.2, 0.25) is 0 Å². The van der Waals surface area contributed by atoms with Gasteiger partial charge in [-0.2, -0.15) is 13.2 Å². The predicted molar refractivity (Wildman–Crippen MR) is 147 cm³/mol. The topological polar surface area (TPSA) is 107 Å². The second kappa shape index (κ2) is 13.4. The Hall–Kier alpha value is -3.13. The number of rotatable bonds is 5. The zero-order valence-corrected chi connectivity index (χ0v) is 23.7. The van der Waals surface area contributed by atoms with E-state index in [1.165, 1.54) is 12.1 Å². The number of carboxylic acids is 1. The summed E-state index contributed by atoms with van der Waals surface area (Å²) in [6.07, 6.45) is -1.37. The number of carboxylic acid groups (broad SMARTS) is 1. The van der Waals surface area contributed by atoms with Gasteiger partial charge in [-0.05, 0) is 42.5 Å². The molecule has 5 rings (SSSR count). The Morgan fingerprint density at radius 1 is 1.07 bits per heavy atom. The Bertz CT molecular complexity index is 1500. The Balaban J connectivity index is 0.000000517. The number of nitrogens with one attached hydrogen (secondary N) is 1. The highest BCUT2D eigenvalue weighted by molar-refractivity contribution is 6.42. The van der Waals surface area contributed by atoms with Crippen molar-refractivity contribution < 1.29 is 37.0 Å². The Labute approximate surface area is 247 Å². The van der Waals surface area contributed by atoms with Gasteiger partial charge in [0.15, 0.2) is 0 Å². The number of ether oxygens (including phenoxy) is 1. The third-order valence-corrected chi connectivity index (χ3v) is 7.96. The number of H-pyrrole nitrogens is 1. The van der Waals surface area contributed by atoms with E-state index >= 15 is 0 Å². The normalized spacial score (nSPS) is 16.8. The van der Waals surface area contributed by atoms with Crippen LogP contribution in [0.1, 0.15) is 34.5 Å². The smallest absolute Gasteiger partial charge is 0.475 e. The minimum atomic E-state index is -5.08. The zero-order valence-electron chi connectivity index (χ0n) is 22.2. The first-order chi connectivity index (χ1) is 19.8. The van der Waals surface area contributed by atoms with Gasteiger partial charge in [0.05, 0.1) is 23.8 Å². The first kappa shape index (κ1) is 31.8. The van der Waals surface area contributed by atoms with Crippen LogP contribution >= 0.6 is 23.2 Å². The highest BCUT2D eigenvalue weighted by atomic mass is 35.5. The summed E-state index contributed by atoms with van der Waals surface area (Å²) in [5.41, 5.74) is 1.48. The molecule has 4 heterocycles. The summed E-state index contributed by atoms with van der Waals surface area (Å²) < 4.78 is 53.4. The molecule has 0 spiro atoms. The molecule has 228 valence electrons. The molecule has 0 unspecified atom stereocenters. The van der Waals surface area contributed by atoms with Crippen LogP contribution in [0.5, 0.6) is 0 Å². The summed E-state index contributed by atoms with van der Waals surface area (Å²) in [4.78, 5) is 41.1. The molecule has 42 heavy (non-hydrogen) atoms. The van der Waals surface area contributed by atoms with Gasteiger partial charge in [-0.3, -0.25) is 18.9 Å². The Morgan fingerprint density at radius 3 is 2.33 bits per heavy atom. The van der Waals surface area contributed by atoms with Crippen molar-refractivity contribution in [2.45, 2.75) is 25.4 Å². The number of halogens is 6. The molecule has 2 fully saturated rings. The van der Waals surface area contributed by atoms with Gasteiger partial charge < -0.3 is 19.7 Å². The fourth-order valence-corrected chi connectivity index (χ4v) is 5.46. The van der Waals surface area contributed by atoms with Crippen molar-refractivity contribution >= 4 is 40.6 Å². The maximum atomic E-state index is 14.7. The predicted octanol–water partition coefficient (Wildman–Crippen LogP) is 4.48. The molecule has 0 bridgehead atoms. The van der Waals surface area contributed by atoms with Crippen molar-refractivity contribution in [2.24, 2.45) is 5.92 Å². The fraction of sp³-hybridized carbons (Fsp3) is 0.444. The summed E-state index contributed by atoms with van der Waals surface area (Å²) in [5, 5.41) is 7.64. The number of aliphatic carboxylic acids is 1. The van der Waals surface area contributed by atoms with Crippen molar-refractivity contribution in [3.8, 4) is 0 Å². The van der Waals surface area contributed by atoms with Crippen molar-refractivity contribution in [1.82, 2.24) is 19.2 Å². The van der Waals surface area contributed by atoms with Gasteiger partial charge >= 0.3 is 12.1 Å². The Kier molecular flexibility index (Phi) is 10.2. The van der Waals surface area contributed by atoms with Crippen LogP contribution in [0.2, 0.25) is 10.2 Å². The first-order valence-corrected chi connectivity index (χ1v) is 13.9. The lowest BCUT2D eigenvalue weighted by Crippen LogP contribution is -2.44. The summed E-state index contributed by atoms with van der Waals surface area (Å²) in [6, 6.07) is 6.06. The molecule has 1 amide bonds. The lowest BCUT2D eigenvalue weighted by molar-refractivity contribution is -0.192. The van der Waals surface area contributed by atoms with Crippen LogP contribution in [0.25, 0.3) is 5.52 Å². The molecule has 15 heteroatoms. The van der Waals surface area contributed by atoms with Crippen molar-refractivity contribution in [1.29, 1.82) is 0 Å². The molecule has 2 aliphatic rings. The number of likely N-dealkylation sites (tertiary alicyclic amines) is 1. The largest absolute Gasteiger partial charge is 0.490 e. The third-order valence-electron chi connectivity index (χ3n) is 7.20. The Morgan fingerprint density at radius 2 is 1.71 bits per heavy atom. The van der Waals surface area contributed by atoms with Gasteiger partial charge in [-0.1, -0.05) is 29.3 Å². The highest BCUT2D eigenvalue weighted by Crippen LogP contribution is 2.27. The molecule has 0 radical (unpaired) electrons. The van der Waals surface area contributed by atoms with Crippen LogP contribution in [0, 0.1) is 11.7 Å². The highest BCUT2D eigenvalue weighted by Gasteiger charge is 2.38. The van der Waals surface area contributed by atoms with E-state index in [0.29, 0.717) is 36.6 Å². The van der Waals surface area contributed by atoms with Crippen LogP contribution in [0.4, 0.5) is 17.6 Å². The van der Waals surface area contributed by atoms with Gasteiger partial charge in [0.25, 0.3) is 11.5 Å². The molecule has 0 aliphatic carbocycles. The van der Waals surface area contributed by atoms with E-state index in [2.05, 4.69) is 9.88 Å². The third kappa shape index (κ3) is 7.63. The molecule has 1 aromatic carbocycles. The number of aromatic nitrogens is 2. The molecule has 9 nitrogen and oxygen atoms in total. The molecule has 2 aliphatic heterocycles. The minimum absolute atomic E-state index is 0.0615. The number of hydrogen-bond acceptors (Lipinski definition) is 5. The average Bonchev–Trinajstić information content (AvgIpc) is 3.26. The molecular weight excluding hydrogens is 607 g/mol. The number of morpholine rings is 1. The van der Waals surface area contributed by atoms with Crippen LogP contribution in [-0.4, -0.2) is 88.3 Å². The van der Waals surface area contributed by atoms with E-state index in [9.17, 15) is 27.2 Å². The van der Waals surface area contributed by atoms with E-state index in [-0.39, 0.29) is 27.2 Å². The number of benzene rings is 1. The van der Waals surface area contributed by atoms with E-state index < -0.39 is 18.0 Å². The average molecular weight is 635 g/mol. The van der Waals surface area contributed by atoms with Gasteiger partial charge in [-0.15, -0.1) is 0 Å². The number of piperidine rings is 1. The number of nitrogens with zero attached hydrogens (tertiary/aromatic N) is 3. The number of fused-ring (bicyclic) bond motifs is 1. The number of amides is 1. The summed E-state index contributed by atoms with van der Waals surface area (Å²) >= 11 is 12.4. The number of aromatic amines is 1. The maximum absolute atomic E-state index is 14.7. The lowest BCUT2D eigenvalue weighted by atomic mass is 9.95. The van der Waals surface area contributed by atoms with Gasteiger partial charge in [-0.25, -0.2) is 9.18 Å². The number of hydrogen-bond donors (Lipinski definition) is 2. The second-order valence-corrected chi connectivity index (χ2v) is 10.8. The van der Waals surface area contributed by atoms with Crippen molar-refractivity contribution in [3.05, 3.63) is 73.6 Å². The van der Waals surface area contributed by atoms with E-state index in [0.717, 1.165) is 51.3 Å². The summed E-state index contributed by atoms with van der Waals surface area (Å²) in [6.45, 7) is 5.74. The van der Waals surface area contributed by atoms with Gasteiger partial charge in [0, 0.05) is 51.0 Å². The van der Waals surface area contributed by atoms with E-state index in [1.54, 1.807) is 27.6 Å². The van der Waals surface area contributed by atoms with Crippen LogP contribution in [-0.2, 0) is 16.0 Å². The monoisotopic (exact) mass is 634 g/mol. The fourth-order valence-electron chi connectivity index (χ4n) is 5.02. The summed E-state index contributed by atoms with van der Waals surface area (Å²) in [7, 11) is 0. The molecule has 2 N–H and O–H groups in total. The molecule has 3 aromatic rings. The van der Waals surface area contributed by atoms with Crippen LogP contribution < -0.4 is 5.56 Å². The van der Waals surface area contributed by atoms with Crippen LogP contribution in [0.15, 0.2) is 35.3 Å². The van der Waals surface area contributed by atoms with Gasteiger partial charge in [0.1, 0.15) is 16.5 Å². The summed E-state index contributed by atoms with van der Waals surface area (Å²) in [5.74, 6) is -3.05. The molecular formula is C27H28Cl2F4N4O5. The minimum Gasteiger partial charge on any atom is -0.475 e. The number of carbonyl (C=O) groups is 2. The first-order valence-electron chi connectivity index (χ1n) is 13.1. The zero-order chi connectivity index (χ0) is 30.6. The molecule has 2 aromatic heterocycles. The lowest BCUT2D eigenvalue weighted by Gasteiger charge is -2.36. The molecule has 2 saturated heterocycles. The van der Waals surface area contributed by atoms with E-state index in [1.807, 2.05) is 0 Å². The number of alkyl halides is 3. The standard InChI is InChI=1S/C25H27Cl2FN4O3.C2HF3O2/c26-20-13-22-24(33)29-14-18(32(22)23(20)27)11-17-1-2-21(28)19(12-17)25(34)31-5-3-16(4-6-31)15-30-7-9-35-10-8-30;3-2(4,5)1(6)7/h1-2,12-14,16H,3-11,15H2,(H,29,33);(H,6,7).